The normalized spacial score (nSPS) is 27.0. The van der Waals surface area contributed by atoms with Crippen molar-refractivity contribution >= 4 is 21.9 Å². The first-order chi connectivity index (χ1) is 13.3. The van der Waals surface area contributed by atoms with Crippen LogP contribution in [0.1, 0.15) is 72.1 Å². The van der Waals surface area contributed by atoms with E-state index in [1.165, 1.54) is 12.7 Å². The highest BCUT2D eigenvalue weighted by atomic mass is 79.9. The summed E-state index contributed by atoms with van der Waals surface area (Å²) in [6.45, 7) is 6.19. The molecule has 0 radical (unpaired) electrons. The summed E-state index contributed by atoms with van der Waals surface area (Å²) in [7, 11) is 1.43. The topological polar surface area (TPSA) is 66.8 Å². The van der Waals surface area contributed by atoms with Crippen LogP contribution in [0.3, 0.4) is 0 Å². The molecule has 1 aliphatic carbocycles. The first kappa shape index (κ1) is 25.4. The number of rotatable bonds is 12. The van der Waals surface area contributed by atoms with Gasteiger partial charge < -0.3 is 14.9 Å². The lowest BCUT2D eigenvalue weighted by molar-refractivity contribution is -0.140. The van der Waals surface area contributed by atoms with Gasteiger partial charge in [0.15, 0.2) is 0 Å². The Bertz CT molecular complexity index is 513. The van der Waals surface area contributed by atoms with E-state index in [2.05, 4.69) is 47.5 Å². The van der Waals surface area contributed by atoms with Gasteiger partial charge in [-0.25, -0.2) is 0 Å². The Labute approximate surface area is 179 Å². The Morgan fingerprint density at radius 3 is 2.57 bits per heavy atom. The molecule has 162 valence electrons. The Morgan fingerprint density at radius 2 is 1.93 bits per heavy atom. The maximum atomic E-state index is 11.1. The molecule has 1 unspecified atom stereocenters. The molecule has 1 aliphatic rings. The zero-order valence-electron chi connectivity index (χ0n) is 17.9. The number of carbonyl (C=O) groups excluding carboxylic acids is 1. The van der Waals surface area contributed by atoms with E-state index in [4.69, 9.17) is 0 Å². The molecule has 4 nitrogen and oxygen atoms in total. The molecular formula is C23H39BrO4. The van der Waals surface area contributed by atoms with Crippen molar-refractivity contribution in [3.05, 3.63) is 23.8 Å². The Hall–Kier alpha value is -0.650. The number of allylic oxidation sites excluding steroid dienone is 2. The molecule has 28 heavy (non-hydrogen) atoms. The second-order valence-corrected chi connectivity index (χ2v) is 9.64. The van der Waals surface area contributed by atoms with Crippen molar-refractivity contribution in [3.8, 4) is 0 Å². The van der Waals surface area contributed by atoms with Gasteiger partial charge in [0.1, 0.15) is 0 Å². The summed E-state index contributed by atoms with van der Waals surface area (Å²) >= 11 is 3.75. The van der Waals surface area contributed by atoms with Crippen LogP contribution in [0.5, 0.6) is 0 Å². The Kier molecular flexibility index (Phi) is 12.3. The molecule has 0 amide bonds. The molecule has 0 bridgehead atoms. The zero-order chi connectivity index (χ0) is 21.1. The summed E-state index contributed by atoms with van der Waals surface area (Å²) in [5, 5.41) is 20.9. The highest BCUT2D eigenvalue weighted by molar-refractivity contribution is 9.09. The molecule has 2 N–H and O–H groups in total. The van der Waals surface area contributed by atoms with Crippen LogP contribution in [0, 0.1) is 17.8 Å². The molecule has 0 aromatic heterocycles. The number of hydrogen-bond donors (Lipinski definition) is 2. The van der Waals surface area contributed by atoms with Crippen LogP contribution in [-0.4, -0.2) is 40.3 Å². The van der Waals surface area contributed by atoms with Crippen LogP contribution in [0.4, 0.5) is 0 Å². The van der Waals surface area contributed by atoms with Gasteiger partial charge in [-0.15, -0.1) is 0 Å². The van der Waals surface area contributed by atoms with Crippen LogP contribution < -0.4 is 0 Å². The van der Waals surface area contributed by atoms with Gasteiger partial charge in [-0.3, -0.25) is 4.79 Å². The Balaban J connectivity index is 2.47. The van der Waals surface area contributed by atoms with Crippen LogP contribution in [0.15, 0.2) is 23.8 Å². The van der Waals surface area contributed by atoms with Gasteiger partial charge in [0.25, 0.3) is 0 Å². The van der Waals surface area contributed by atoms with E-state index in [1.54, 1.807) is 0 Å². The minimum absolute atomic E-state index is 0.0877. The number of methoxy groups -OCH3 is 1. The first-order valence-electron chi connectivity index (χ1n) is 10.6. The highest BCUT2D eigenvalue weighted by Crippen LogP contribution is 2.41. The Morgan fingerprint density at radius 1 is 1.25 bits per heavy atom. The smallest absolute Gasteiger partial charge is 0.305 e. The van der Waals surface area contributed by atoms with Crippen LogP contribution in [-0.2, 0) is 9.53 Å². The summed E-state index contributed by atoms with van der Waals surface area (Å²) in [5.74, 6) is 0.497. The monoisotopic (exact) mass is 458 g/mol. The van der Waals surface area contributed by atoms with Crippen LogP contribution in [0.25, 0.3) is 0 Å². The van der Waals surface area contributed by atoms with E-state index in [-0.39, 0.29) is 23.9 Å². The molecule has 6 atom stereocenters. The van der Waals surface area contributed by atoms with Crippen LogP contribution in [0.2, 0.25) is 0 Å². The predicted octanol–water partition coefficient (Wildman–Crippen LogP) is 5.17. The minimum Gasteiger partial charge on any atom is -0.469 e. The number of aliphatic hydroxyl groups is 2. The molecule has 0 aromatic rings. The number of aliphatic hydroxyl groups excluding tert-OH is 2. The zero-order valence-corrected chi connectivity index (χ0v) is 19.5. The molecule has 0 aliphatic heterocycles. The third-order valence-electron chi connectivity index (χ3n) is 5.78. The van der Waals surface area contributed by atoms with Gasteiger partial charge in [-0.05, 0) is 51.4 Å². The average molecular weight is 459 g/mol. The van der Waals surface area contributed by atoms with Gasteiger partial charge in [0.2, 0.25) is 0 Å². The van der Waals surface area contributed by atoms with E-state index in [0.29, 0.717) is 17.2 Å². The first-order valence-corrected chi connectivity index (χ1v) is 11.6. The van der Waals surface area contributed by atoms with Gasteiger partial charge in [0, 0.05) is 17.2 Å². The summed E-state index contributed by atoms with van der Waals surface area (Å²) < 4.78 is 4.66. The highest BCUT2D eigenvalue weighted by Gasteiger charge is 2.39. The maximum absolute atomic E-state index is 11.1. The maximum Gasteiger partial charge on any atom is 0.305 e. The fraction of sp³-hybridized carbons (Fsp3) is 0.783. The predicted molar refractivity (Wildman–Crippen MR) is 118 cm³/mol. The number of esters is 1. The van der Waals surface area contributed by atoms with E-state index >= 15 is 0 Å². The van der Waals surface area contributed by atoms with Crippen molar-refractivity contribution in [2.45, 2.75) is 89.2 Å². The van der Waals surface area contributed by atoms with Crippen LogP contribution >= 0.6 is 15.9 Å². The minimum atomic E-state index is -0.490. The fourth-order valence-electron chi connectivity index (χ4n) is 3.83. The largest absolute Gasteiger partial charge is 0.469 e. The lowest BCUT2D eigenvalue weighted by atomic mass is 9.88. The standard InChI is InChI=1S/C23H39BrO4/c1-16(2)11-12-17(3)21(25)14-13-19-18(20(24)15-22(19)26)9-7-5-6-8-10-23(27)28-4/h11,13-14,17-22,25-26H,5-10,12,15H2,1-4H3/t17?,18-,19-,20-,21-,22-/m1/s1. The summed E-state index contributed by atoms with van der Waals surface area (Å²) in [6.07, 6.45) is 12.5. The fourth-order valence-corrected chi connectivity index (χ4v) is 4.83. The molecule has 5 heteroatoms. The molecule has 0 saturated heterocycles. The van der Waals surface area contributed by atoms with Crippen molar-refractivity contribution in [2.75, 3.05) is 7.11 Å². The molecule has 0 spiro atoms. The molecule has 0 heterocycles. The van der Waals surface area contributed by atoms with E-state index in [1.807, 2.05) is 12.2 Å². The van der Waals surface area contributed by atoms with E-state index < -0.39 is 6.10 Å². The van der Waals surface area contributed by atoms with Crippen molar-refractivity contribution < 1.29 is 19.7 Å². The van der Waals surface area contributed by atoms with Gasteiger partial charge >= 0.3 is 5.97 Å². The summed E-state index contributed by atoms with van der Waals surface area (Å²) in [4.78, 5) is 11.4. The van der Waals surface area contributed by atoms with E-state index in [9.17, 15) is 15.0 Å². The number of unbranched alkanes of at least 4 members (excludes halogenated alkanes) is 3. The number of hydrogen-bond acceptors (Lipinski definition) is 4. The van der Waals surface area contributed by atoms with Gasteiger partial charge in [0.05, 0.1) is 19.3 Å². The molecular weight excluding hydrogens is 420 g/mol. The second-order valence-electron chi connectivity index (χ2n) is 8.46. The van der Waals surface area contributed by atoms with Gasteiger partial charge in [-0.2, -0.15) is 0 Å². The molecule has 1 saturated carbocycles. The number of ether oxygens (including phenoxy) is 1. The third-order valence-corrected chi connectivity index (χ3v) is 6.83. The second kappa shape index (κ2) is 13.6. The number of carbonyl (C=O) groups is 1. The van der Waals surface area contributed by atoms with Crippen molar-refractivity contribution in [3.63, 3.8) is 0 Å². The van der Waals surface area contributed by atoms with Gasteiger partial charge in [-0.1, -0.05) is 65.9 Å². The lowest BCUT2D eigenvalue weighted by Crippen LogP contribution is -2.20. The molecule has 0 aromatic carbocycles. The summed E-state index contributed by atoms with van der Waals surface area (Å²) in [6, 6.07) is 0. The van der Waals surface area contributed by atoms with Crippen molar-refractivity contribution in [2.24, 2.45) is 17.8 Å². The molecule has 1 rings (SSSR count). The number of alkyl halides is 1. The lowest BCUT2D eigenvalue weighted by Gasteiger charge is -2.22. The van der Waals surface area contributed by atoms with Crippen molar-refractivity contribution in [1.29, 1.82) is 0 Å². The van der Waals surface area contributed by atoms with E-state index in [0.717, 1.165) is 44.9 Å². The third kappa shape index (κ3) is 9.23. The summed E-state index contributed by atoms with van der Waals surface area (Å²) in [5.41, 5.74) is 1.27. The SMILES string of the molecule is COC(=O)CCCCCC[C@@H]1[C@@H](C=C[C@@H](O)C(C)CC=C(C)C)[C@H](O)C[C@H]1Br. The molecule has 1 fully saturated rings. The quantitative estimate of drug-likeness (QED) is 0.183. The average Bonchev–Trinajstić information content (AvgIpc) is 2.92. The van der Waals surface area contributed by atoms with Crippen molar-refractivity contribution in [1.82, 2.24) is 0 Å². The number of halogens is 1.